The van der Waals surface area contributed by atoms with Crippen LogP contribution in [0.15, 0.2) is 29.2 Å². The number of hydrogen-bond acceptors (Lipinski definition) is 3. The fourth-order valence-electron chi connectivity index (χ4n) is 2.25. The smallest absolute Gasteiger partial charge is 0.240 e. The third kappa shape index (κ3) is 3.10. The first-order valence-electron chi connectivity index (χ1n) is 6.31. The third-order valence-electron chi connectivity index (χ3n) is 3.37. The summed E-state index contributed by atoms with van der Waals surface area (Å²) in [5, 5.41) is 3.29. The van der Waals surface area contributed by atoms with E-state index in [9.17, 15) is 8.42 Å². The van der Waals surface area contributed by atoms with E-state index in [0.717, 1.165) is 24.9 Å². The molecule has 0 aromatic heterocycles. The summed E-state index contributed by atoms with van der Waals surface area (Å²) >= 11 is 0. The topological polar surface area (TPSA) is 58.2 Å². The number of rotatable bonds is 3. The van der Waals surface area contributed by atoms with E-state index in [2.05, 4.69) is 10.0 Å². The second-order valence-corrected chi connectivity index (χ2v) is 6.64. The largest absolute Gasteiger partial charge is 0.313 e. The van der Waals surface area contributed by atoms with Crippen molar-refractivity contribution in [2.75, 3.05) is 6.54 Å². The third-order valence-corrected chi connectivity index (χ3v) is 4.86. The molecular weight excluding hydrogens is 248 g/mol. The summed E-state index contributed by atoms with van der Waals surface area (Å²) in [6.07, 6.45) is 1.89. The molecule has 1 aromatic carbocycles. The van der Waals surface area contributed by atoms with Crippen LogP contribution in [0.25, 0.3) is 0 Å². The predicted octanol–water partition coefficient (Wildman–Crippen LogP) is 1.41. The molecule has 0 radical (unpaired) electrons. The van der Waals surface area contributed by atoms with Gasteiger partial charge in [0, 0.05) is 12.1 Å². The molecule has 4 nitrogen and oxygen atoms in total. The summed E-state index contributed by atoms with van der Waals surface area (Å²) in [6, 6.07) is 7.15. The first-order chi connectivity index (χ1) is 8.49. The van der Waals surface area contributed by atoms with E-state index >= 15 is 0 Å². The van der Waals surface area contributed by atoms with Crippen molar-refractivity contribution in [2.24, 2.45) is 0 Å². The number of nitrogens with one attached hydrogen (secondary N) is 2. The molecule has 2 N–H and O–H groups in total. The van der Waals surface area contributed by atoms with E-state index < -0.39 is 10.0 Å². The molecule has 1 heterocycles. The van der Waals surface area contributed by atoms with Crippen LogP contribution in [-0.2, 0) is 10.0 Å². The average molecular weight is 268 g/mol. The summed E-state index contributed by atoms with van der Waals surface area (Å²) in [4.78, 5) is 0.347. The van der Waals surface area contributed by atoms with Crippen LogP contribution in [0, 0.1) is 6.92 Å². The van der Waals surface area contributed by atoms with Crippen LogP contribution in [0.3, 0.4) is 0 Å². The SMILES string of the molecule is Cc1cccc(S(=O)(=O)N[C@H]2CCCN[C@H]2C)c1. The number of hydrogen-bond donors (Lipinski definition) is 2. The molecule has 0 saturated carbocycles. The molecule has 18 heavy (non-hydrogen) atoms. The van der Waals surface area contributed by atoms with Crippen LogP contribution in [0.5, 0.6) is 0 Å². The van der Waals surface area contributed by atoms with Gasteiger partial charge in [-0.05, 0) is 50.9 Å². The van der Waals surface area contributed by atoms with Gasteiger partial charge >= 0.3 is 0 Å². The zero-order valence-corrected chi connectivity index (χ0v) is 11.6. The summed E-state index contributed by atoms with van der Waals surface area (Å²) in [5.41, 5.74) is 0.952. The molecule has 2 atom stereocenters. The Morgan fingerprint density at radius 3 is 2.83 bits per heavy atom. The molecule has 0 unspecified atom stereocenters. The second-order valence-electron chi connectivity index (χ2n) is 4.93. The Kier molecular flexibility index (Phi) is 4.04. The van der Waals surface area contributed by atoms with Crippen LogP contribution in [0.4, 0.5) is 0 Å². The second kappa shape index (κ2) is 5.38. The van der Waals surface area contributed by atoms with E-state index in [4.69, 9.17) is 0 Å². The van der Waals surface area contributed by atoms with Crippen molar-refractivity contribution in [3.8, 4) is 0 Å². The highest BCUT2D eigenvalue weighted by Gasteiger charge is 2.26. The lowest BCUT2D eigenvalue weighted by molar-refractivity contribution is 0.349. The molecule has 1 aromatic rings. The predicted molar refractivity (Wildman–Crippen MR) is 72.0 cm³/mol. The minimum absolute atomic E-state index is 0.0238. The molecule has 5 heteroatoms. The molecule has 0 bridgehead atoms. The monoisotopic (exact) mass is 268 g/mol. The van der Waals surface area contributed by atoms with E-state index in [1.807, 2.05) is 19.9 Å². The van der Waals surface area contributed by atoms with Gasteiger partial charge in [0.1, 0.15) is 0 Å². The van der Waals surface area contributed by atoms with E-state index in [0.29, 0.717) is 4.90 Å². The van der Waals surface area contributed by atoms with Crippen molar-refractivity contribution >= 4 is 10.0 Å². The molecule has 2 rings (SSSR count). The maximum absolute atomic E-state index is 12.3. The van der Waals surface area contributed by atoms with Crippen LogP contribution < -0.4 is 10.0 Å². The van der Waals surface area contributed by atoms with Gasteiger partial charge in [-0.15, -0.1) is 0 Å². The van der Waals surface area contributed by atoms with Gasteiger partial charge in [-0.25, -0.2) is 13.1 Å². The Morgan fingerprint density at radius 2 is 2.17 bits per heavy atom. The number of benzene rings is 1. The highest BCUT2D eigenvalue weighted by atomic mass is 32.2. The van der Waals surface area contributed by atoms with Gasteiger partial charge in [-0.3, -0.25) is 0 Å². The molecule has 1 fully saturated rings. The number of sulfonamides is 1. The Hall–Kier alpha value is -0.910. The maximum atomic E-state index is 12.3. The van der Waals surface area contributed by atoms with Crippen LogP contribution >= 0.6 is 0 Å². The van der Waals surface area contributed by atoms with Crippen LogP contribution in [0.2, 0.25) is 0 Å². The standard InChI is InChI=1S/C13H20N2O2S/c1-10-5-3-6-12(9-10)18(16,17)15-13-7-4-8-14-11(13)2/h3,5-6,9,11,13-15H,4,7-8H2,1-2H3/t11-,13-/m0/s1. The number of piperidine rings is 1. The van der Waals surface area contributed by atoms with Gasteiger partial charge in [0.25, 0.3) is 0 Å². The average Bonchev–Trinajstić information content (AvgIpc) is 2.32. The molecule has 100 valence electrons. The van der Waals surface area contributed by atoms with Crippen molar-refractivity contribution in [1.82, 2.24) is 10.0 Å². The molecule has 1 aliphatic rings. The van der Waals surface area contributed by atoms with E-state index in [1.54, 1.807) is 18.2 Å². The molecule has 1 aliphatic heterocycles. The van der Waals surface area contributed by atoms with Gasteiger partial charge < -0.3 is 5.32 Å². The Morgan fingerprint density at radius 1 is 1.39 bits per heavy atom. The Bertz CT molecular complexity index is 513. The van der Waals surface area contributed by atoms with Crippen molar-refractivity contribution < 1.29 is 8.42 Å². The molecule has 0 amide bonds. The fraction of sp³-hybridized carbons (Fsp3) is 0.538. The first-order valence-corrected chi connectivity index (χ1v) is 7.80. The summed E-state index contributed by atoms with van der Waals surface area (Å²) < 4.78 is 27.3. The van der Waals surface area contributed by atoms with Crippen molar-refractivity contribution in [2.45, 2.75) is 43.7 Å². The van der Waals surface area contributed by atoms with Crippen LogP contribution in [-0.4, -0.2) is 27.0 Å². The molecular formula is C13H20N2O2S. The van der Waals surface area contributed by atoms with Gasteiger partial charge in [-0.1, -0.05) is 12.1 Å². The highest BCUT2D eigenvalue weighted by Crippen LogP contribution is 2.15. The summed E-state index contributed by atoms with van der Waals surface area (Å²) in [6.45, 7) is 4.87. The highest BCUT2D eigenvalue weighted by molar-refractivity contribution is 7.89. The van der Waals surface area contributed by atoms with E-state index in [-0.39, 0.29) is 12.1 Å². The summed E-state index contributed by atoms with van der Waals surface area (Å²) in [5.74, 6) is 0. The lowest BCUT2D eigenvalue weighted by Gasteiger charge is -2.30. The lowest BCUT2D eigenvalue weighted by atomic mass is 10.0. The van der Waals surface area contributed by atoms with Gasteiger partial charge in [-0.2, -0.15) is 0 Å². The van der Waals surface area contributed by atoms with Gasteiger partial charge in [0.2, 0.25) is 10.0 Å². The van der Waals surface area contributed by atoms with Crippen molar-refractivity contribution in [1.29, 1.82) is 0 Å². The minimum Gasteiger partial charge on any atom is -0.313 e. The van der Waals surface area contributed by atoms with Crippen LogP contribution in [0.1, 0.15) is 25.3 Å². The Balaban J connectivity index is 2.16. The van der Waals surface area contributed by atoms with Crippen molar-refractivity contribution in [3.05, 3.63) is 29.8 Å². The maximum Gasteiger partial charge on any atom is 0.240 e. The van der Waals surface area contributed by atoms with Gasteiger partial charge in [0.15, 0.2) is 0 Å². The van der Waals surface area contributed by atoms with Crippen molar-refractivity contribution in [3.63, 3.8) is 0 Å². The zero-order valence-electron chi connectivity index (χ0n) is 10.8. The quantitative estimate of drug-likeness (QED) is 0.871. The number of aryl methyl sites for hydroxylation is 1. The van der Waals surface area contributed by atoms with E-state index in [1.165, 1.54) is 0 Å². The minimum atomic E-state index is -3.41. The normalized spacial score (nSPS) is 25.0. The molecule has 0 aliphatic carbocycles. The van der Waals surface area contributed by atoms with Gasteiger partial charge in [0.05, 0.1) is 4.90 Å². The zero-order chi connectivity index (χ0) is 13.2. The Labute approximate surface area is 109 Å². The summed E-state index contributed by atoms with van der Waals surface area (Å²) in [7, 11) is -3.41. The fourth-order valence-corrected chi connectivity index (χ4v) is 3.71. The molecule has 1 saturated heterocycles. The molecule has 0 spiro atoms. The first kappa shape index (κ1) is 13.5. The lowest BCUT2D eigenvalue weighted by Crippen LogP contribution is -2.51.